The number of unbranched alkanes of at least 4 members (excludes halogenated alkanes) is 2. The van der Waals surface area contributed by atoms with Crippen molar-refractivity contribution in [2.45, 2.75) is 77.5 Å². The number of alkyl halides is 3. The molecule has 0 spiro atoms. The summed E-state index contributed by atoms with van der Waals surface area (Å²) in [7, 11) is 0. The zero-order valence-corrected chi connectivity index (χ0v) is 22.0. The van der Waals surface area contributed by atoms with E-state index >= 15 is 8.78 Å². The average Bonchev–Trinajstić information content (AvgIpc) is 2.88. The SMILES string of the molecule is CCCCC[C@H]1CC[C@H](c2c(F)cc(C)c(Oc3ccccc3-c3ccc(OC(F)(F)F)c(F)c3)c2F)CC1. The van der Waals surface area contributed by atoms with E-state index in [1.165, 1.54) is 31.0 Å². The molecule has 1 saturated carbocycles. The molecule has 0 aromatic heterocycles. The smallest absolute Gasteiger partial charge is 0.453 e. The topological polar surface area (TPSA) is 18.5 Å². The van der Waals surface area contributed by atoms with Crippen molar-refractivity contribution in [1.82, 2.24) is 0 Å². The Labute approximate surface area is 225 Å². The van der Waals surface area contributed by atoms with E-state index in [-0.39, 0.29) is 34.1 Å². The highest BCUT2D eigenvalue weighted by Crippen LogP contribution is 2.44. The third-order valence-electron chi connectivity index (χ3n) is 7.43. The maximum Gasteiger partial charge on any atom is 0.573 e. The first-order valence-electron chi connectivity index (χ1n) is 13.4. The molecular weight excluding hydrogens is 518 g/mol. The maximum atomic E-state index is 15.9. The zero-order chi connectivity index (χ0) is 28.2. The molecule has 1 fully saturated rings. The van der Waals surface area contributed by atoms with Crippen LogP contribution < -0.4 is 9.47 Å². The number of hydrogen-bond acceptors (Lipinski definition) is 2. The minimum absolute atomic E-state index is 0.0276. The minimum atomic E-state index is -5.03. The molecule has 3 aromatic carbocycles. The summed E-state index contributed by atoms with van der Waals surface area (Å²) < 4.78 is 92.6. The molecule has 1 aliphatic rings. The van der Waals surface area contributed by atoms with Crippen molar-refractivity contribution in [2.75, 3.05) is 0 Å². The molecule has 0 atom stereocenters. The first-order chi connectivity index (χ1) is 18.6. The van der Waals surface area contributed by atoms with Crippen LogP contribution in [0.2, 0.25) is 0 Å². The van der Waals surface area contributed by atoms with Gasteiger partial charge in [-0.05, 0) is 79.8 Å². The summed E-state index contributed by atoms with van der Waals surface area (Å²) in [5.41, 5.74) is 0.823. The van der Waals surface area contributed by atoms with E-state index in [1.807, 2.05) is 0 Å². The van der Waals surface area contributed by atoms with Gasteiger partial charge in [0.25, 0.3) is 0 Å². The van der Waals surface area contributed by atoms with Crippen LogP contribution in [0, 0.1) is 30.3 Å². The van der Waals surface area contributed by atoms with Crippen LogP contribution in [-0.4, -0.2) is 6.36 Å². The number of ether oxygens (including phenoxy) is 2. The molecule has 8 heteroatoms. The minimum Gasteiger partial charge on any atom is -0.453 e. The van der Waals surface area contributed by atoms with Gasteiger partial charge in [-0.1, -0.05) is 56.9 Å². The second kappa shape index (κ2) is 12.3. The van der Waals surface area contributed by atoms with Gasteiger partial charge >= 0.3 is 6.36 Å². The van der Waals surface area contributed by atoms with E-state index < -0.39 is 29.6 Å². The summed E-state index contributed by atoms with van der Waals surface area (Å²) in [6, 6.07) is 10.7. The largest absolute Gasteiger partial charge is 0.573 e. The Morgan fingerprint density at radius 3 is 2.23 bits per heavy atom. The molecule has 0 unspecified atom stereocenters. The highest BCUT2D eigenvalue weighted by Gasteiger charge is 2.33. The van der Waals surface area contributed by atoms with Gasteiger partial charge in [0.15, 0.2) is 23.1 Å². The number of hydrogen-bond donors (Lipinski definition) is 0. The lowest BCUT2D eigenvalue weighted by molar-refractivity contribution is -0.275. The van der Waals surface area contributed by atoms with Crippen LogP contribution in [0.5, 0.6) is 17.2 Å². The standard InChI is InChI=1S/C31H32F6O2/c1-3-4-5-8-20-11-13-21(14-12-20)28-25(33)17-19(2)30(29(28)34)38-26-10-7-6-9-23(26)22-15-16-27(24(32)18-22)39-31(35,36)37/h6-7,9-10,15-18,20-21H,3-5,8,11-14H2,1-2H3/t20-,21-. The van der Waals surface area contributed by atoms with Crippen molar-refractivity contribution < 1.29 is 35.8 Å². The van der Waals surface area contributed by atoms with E-state index in [0.29, 0.717) is 24.3 Å². The van der Waals surface area contributed by atoms with E-state index in [9.17, 15) is 17.6 Å². The number of para-hydroxylation sites is 1. The Balaban J connectivity index is 1.59. The van der Waals surface area contributed by atoms with Gasteiger partial charge in [0.2, 0.25) is 0 Å². The molecule has 1 aliphatic carbocycles. The van der Waals surface area contributed by atoms with E-state index in [4.69, 9.17) is 4.74 Å². The molecular formula is C31H32F6O2. The molecule has 3 aromatic rings. The van der Waals surface area contributed by atoms with E-state index in [2.05, 4.69) is 11.7 Å². The quantitative estimate of drug-likeness (QED) is 0.195. The first kappa shape index (κ1) is 28.8. The van der Waals surface area contributed by atoms with Crippen molar-refractivity contribution in [3.8, 4) is 28.4 Å². The van der Waals surface area contributed by atoms with Crippen LogP contribution >= 0.6 is 0 Å². The molecule has 39 heavy (non-hydrogen) atoms. The van der Waals surface area contributed by atoms with E-state index in [0.717, 1.165) is 37.8 Å². The molecule has 4 rings (SSSR count). The molecule has 0 aliphatic heterocycles. The van der Waals surface area contributed by atoms with Crippen LogP contribution in [0.4, 0.5) is 26.3 Å². The third-order valence-corrected chi connectivity index (χ3v) is 7.43. The van der Waals surface area contributed by atoms with Crippen molar-refractivity contribution in [3.05, 3.63) is 77.1 Å². The number of halogens is 6. The summed E-state index contributed by atoms with van der Waals surface area (Å²) in [6.45, 7) is 3.71. The molecule has 210 valence electrons. The highest BCUT2D eigenvalue weighted by atomic mass is 19.4. The molecule has 0 heterocycles. The molecule has 0 radical (unpaired) electrons. The van der Waals surface area contributed by atoms with Gasteiger partial charge in [-0.2, -0.15) is 0 Å². The van der Waals surface area contributed by atoms with Gasteiger partial charge in [0.1, 0.15) is 11.6 Å². The molecule has 2 nitrogen and oxygen atoms in total. The van der Waals surface area contributed by atoms with Crippen molar-refractivity contribution in [3.63, 3.8) is 0 Å². The lowest BCUT2D eigenvalue weighted by Crippen LogP contribution is -2.17. The Bertz CT molecular complexity index is 1280. The second-order valence-corrected chi connectivity index (χ2v) is 10.2. The number of aryl methyl sites for hydroxylation is 1. The Morgan fingerprint density at radius 2 is 1.56 bits per heavy atom. The summed E-state index contributed by atoms with van der Waals surface area (Å²) in [6.07, 6.45) is 2.92. The van der Waals surface area contributed by atoms with Crippen LogP contribution in [0.1, 0.15) is 75.3 Å². The summed E-state index contributed by atoms with van der Waals surface area (Å²) >= 11 is 0. The van der Waals surface area contributed by atoms with Gasteiger partial charge in [0, 0.05) is 11.1 Å². The van der Waals surface area contributed by atoms with Gasteiger partial charge in [0.05, 0.1) is 0 Å². The van der Waals surface area contributed by atoms with Crippen LogP contribution in [-0.2, 0) is 0 Å². The third kappa shape index (κ3) is 7.08. The van der Waals surface area contributed by atoms with Gasteiger partial charge in [-0.3, -0.25) is 0 Å². The van der Waals surface area contributed by atoms with Crippen LogP contribution in [0.15, 0.2) is 48.5 Å². The zero-order valence-electron chi connectivity index (χ0n) is 22.0. The predicted octanol–water partition coefficient (Wildman–Crippen LogP) is 10.6. The van der Waals surface area contributed by atoms with Crippen LogP contribution in [0.25, 0.3) is 11.1 Å². The lowest BCUT2D eigenvalue weighted by Gasteiger charge is -2.30. The molecule has 0 saturated heterocycles. The fraction of sp³-hybridized carbons (Fsp3) is 0.419. The maximum absolute atomic E-state index is 15.9. The average molecular weight is 551 g/mol. The lowest BCUT2D eigenvalue weighted by atomic mass is 9.76. The Morgan fingerprint density at radius 1 is 0.846 bits per heavy atom. The normalized spacial score (nSPS) is 17.7. The summed E-state index contributed by atoms with van der Waals surface area (Å²) in [4.78, 5) is 0. The fourth-order valence-corrected chi connectivity index (χ4v) is 5.44. The molecule has 0 bridgehead atoms. The van der Waals surface area contributed by atoms with E-state index in [1.54, 1.807) is 25.1 Å². The predicted molar refractivity (Wildman–Crippen MR) is 139 cm³/mol. The second-order valence-electron chi connectivity index (χ2n) is 10.2. The van der Waals surface area contributed by atoms with Gasteiger partial charge in [-0.15, -0.1) is 13.2 Å². The fourth-order valence-electron chi connectivity index (χ4n) is 5.44. The highest BCUT2D eigenvalue weighted by molar-refractivity contribution is 5.71. The monoisotopic (exact) mass is 550 g/mol. The summed E-state index contributed by atoms with van der Waals surface area (Å²) in [5.74, 6) is -3.16. The van der Waals surface area contributed by atoms with Crippen LogP contribution in [0.3, 0.4) is 0 Å². The summed E-state index contributed by atoms with van der Waals surface area (Å²) in [5, 5.41) is 0. The van der Waals surface area contributed by atoms with Gasteiger partial charge in [-0.25, -0.2) is 13.2 Å². The number of rotatable bonds is 9. The Kier molecular flexibility index (Phi) is 9.13. The molecule has 0 N–H and O–H groups in total. The van der Waals surface area contributed by atoms with Gasteiger partial charge < -0.3 is 9.47 Å². The Hall–Kier alpha value is -3.16. The number of benzene rings is 3. The van der Waals surface area contributed by atoms with Crippen molar-refractivity contribution in [2.24, 2.45) is 5.92 Å². The van der Waals surface area contributed by atoms with Crippen molar-refractivity contribution in [1.29, 1.82) is 0 Å². The first-order valence-corrected chi connectivity index (χ1v) is 13.4. The molecule has 0 amide bonds. The van der Waals surface area contributed by atoms with Crippen molar-refractivity contribution >= 4 is 0 Å².